The van der Waals surface area contributed by atoms with Crippen molar-refractivity contribution in [3.05, 3.63) is 52.6 Å². The summed E-state index contributed by atoms with van der Waals surface area (Å²) in [6.07, 6.45) is -2.48. The number of benzene rings is 1. The predicted molar refractivity (Wildman–Crippen MR) is 104 cm³/mol. The second-order valence-electron chi connectivity index (χ2n) is 7.08. The van der Waals surface area contributed by atoms with Gasteiger partial charge in [0.2, 0.25) is 0 Å². The van der Waals surface area contributed by atoms with Crippen LogP contribution in [0.5, 0.6) is 5.75 Å². The van der Waals surface area contributed by atoms with Crippen LogP contribution in [0, 0.1) is 0 Å². The number of halogens is 4. The summed E-state index contributed by atoms with van der Waals surface area (Å²) < 4.78 is 46.4. The van der Waals surface area contributed by atoms with Crippen molar-refractivity contribution in [3.63, 3.8) is 0 Å². The molecule has 0 amide bonds. The SMILES string of the molecule is CC1CCOc2c(cccc2C(F)(F)F)C(C)Nc2nc1nc1cnc(Cl)cc21. The minimum Gasteiger partial charge on any atom is -0.493 e. The molecule has 1 aliphatic heterocycles. The van der Waals surface area contributed by atoms with E-state index in [1.807, 2.05) is 6.92 Å². The van der Waals surface area contributed by atoms with Gasteiger partial charge in [-0.25, -0.2) is 15.0 Å². The normalized spacial score (nSPS) is 19.7. The van der Waals surface area contributed by atoms with Crippen LogP contribution in [0.3, 0.4) is 0 Å². The van der Waals surface area contributed by atoms with Crippen LogP contribution in [0.1, 0.15) is 49.2 Å². The summed E-state index contributed by atoms with van der Waals surface area (Å²) in [4.78, 5) is 13.3. The van der Waals surface area contributed by atoms with E-state index in [9.17, 15) is 13.2 Å². The highest BCUT2D eigenvalue weighted by molar-refractivity contribution is 6.30. The highest BCUT2D eigenvalue weighted by Crippen LogP contribution is 2.41. The number of rotatable bonds is 0. The van der Waals surface area contributed by atoms with Crippen molar-refractivity contribution in [2.24, 2.45) is 0 Å². The van der Waals surface area contributed by atoms with E-state index >= 15 is 0 Å². The molecule has 0 saturated carbocycles. The molecule has 0 aliphatic carbocycles. The molecule has 1 aromatic carbocycles. The van der Waals surface area contributed by atoms with Gasteiger partial charge >= 0.3 is 6.18 Å². The molecule has 2 atom stereocenters. The van der Waals surface area contributed by atoms with Gasteiger partial charge in [0.15, 0.2) is 0 Å². The largest absolute Gasteiger partial charge is 0.493 e. The zero-order valence-electron chi connectivity index (χ0n) is 15.7. The lowest BCUT2D eigenvalue weighted by Crippen LogP contribution is -2.15. The van der Waals surface area contributed by atoms with Crippen LogP contribution in [0.15, 0.2) is 30.5 Å². The third-order valence-corrected chi connectivity index (χ3v) is 5.18. The number of aromatic nitrogens is 3. The second kappa shape index (κ2) is 7.33. The van der Waals surface area contributed by atoms with Gasteiger partial charge in [-0.05, 0) is 25.5 Å². The van der Waals surface area contributed by atoms with Crippen molar-refractivity contribution in [2.75, 3.05) is 11.9 Å². The molecule has 2 unspecified atom stereocenters. The predicted octanol–water partition coefficient (Wildman–Crippen LogP) is 5.76. The zero-order valence-corrected chi connectivity index (χ0v) is 16.5. The van der Waals surface area contributed by atoms with Crippen LogP contribution in [0.2, 0.25) is 5.15 Å². The third kappa shape index (κ3) is 3.81. The van der Waals surface area contributed by atoms with Gasteiger partial charge in [0.1, 0.15) is 22.5 Å². The van der Waals surface area contributed by atoms with Crippen molar-refractivity contribution < 1.29 is 17.9 Å². The Morgan fingerprint density at radius 3 is 2.76 bits per heavy atom. The lowest BCUT2D eigenvalue weighted by Gasteiger charge is -2.22. The van der Waals surface area contributed by atoms with Crippen molar-refractivity contribution in [2.45, 2.75) is 38.4 Å². The van der Waals surface area contributed by atoms with Crippen LogP contribution < -0.4 is 10.1 Å². The fourth-order valence-electron chi connectivity index (χ4n) is 3.38. The van der Waals surface area contributed by atoms with Crippen LogP contribution in [0.4, 0.5) is 19.0 Å². The van der Waals surface area contributed by atoms with Gasteiger partial charge in [-0.1, -0.05) is 30.7 Å². The third-order valence-electron chi connectivity index (χ3n) is 4.97. The Hall–Kier alpha value is -2.61. The van der Waals surface area contributed by atoms with Crippen molar-refractivity contribution in [3.8, 4) is 5.75 Å². The minimum absolute atomic E-state index is 0.115. The van der Waals surface area contributed by atoms with E-state index in [2.05, 4.69) is 20.3 Å². The molecule has 3 aromatic rings. The standard InChI is InChI=1S/C20H18ClF3N4O/c1-10-6-7-29-17-12(4-3-5-14(17)20(22,23)24)11(2)26-19-13-8-16(21)25-9-15(13)27-18(10)28-19/h3-5,8-11H,6-7H2,1-2H3,(H,26,27,28). The Kier molecular flexibility index (Phi) is 4.98. The molecule has 29 heavy (non-hydrogen) atoms. The highest BCUT2D eigenvalue weighted by atomic mass is 35.5. The Labute approximate surface area is 170 Å². The number of para-hydroxylation sites is 1. The molecule has 0 fully saturated rings. The first-order valence-electron chi connectivity index (χ1n) is 9.16. The van der Waals surface area contributed by atoms with Crippen molar-refractivity contribution >= 4 is 28.3 Å². The van der Waals surface area contributed by atoms with E-state index in [-0.39, 0.29) is 23.4 Å². The number of anilines is 1. The second-order valence-corrected chi connectivity index (χ2v) is 7.47. The summed E-state index contributed by atoms with van der Waals surface area (Å²) in [5, 5.41) is 4.16. The summed E-state index contributed by atoms with van der Waals surface area (Å²) in [5.41, 5.74) is 0.235. The molecule has 4 rings (SSSR count). The van der Waals surface area contributed by atoms with Gasteiger partial charge in [-0.15, -0.1) is 0 Å². The maximum absolute atomic E-state index is 13.6. The van der Waals surface area contributed by atoms with Crippen molar-refractivity contribution in [1.82, 2.24) is 15.0 Å². The van der Waals surface area contributed by atoms with E-state index in [4.69, 9.17) is 16.3 Å². The van der Waals surface area contributed by atoms with Gasteiger partial charge in [0.25, 0.3) is 0 Å². The molecule has 1 N–H and O–H groups in total. The minimum atomic E-state index is -4.51. The Balaban J connectivity index is 1.89. The number of fused-ring (bicyclic) bond motifs is 5. The molecular formula is C20H18ClF3N4O. The molecular weight excluding hydrogens is 405 g/mol. The van der Waals surface area contributed by atoms with E-state index in [0.29, 0.717) is 34.5 Å². The topological polar surface area (TPSA) is 59.9 Å². The Bertz CT molecular complexity index is 1070. The fraction of sp³-hybridized carbons (Fsp3) is 0.350. The molecule has 2 bridgehead atoms. The average molecular weight is 423 g/mol. The van der Waals surface area contributed by atoms with Crippen LogP contribution >= 0.6 is 11.6 Å². The molecule has 9 heteroatoms. The molecule has 0 radical (unpaired) electrons. The van der Waals surface area contributed by atoms with E-state index in [0.717, 1.165) is 6.07 Å². The summed E-state index contributed by atoms with van der Waals surface area (Å²) in [6, 6.07) is 5.19. The molecule has 0 spiro atoms. The van der Waals surface area contributed by atoms with Crippen LogP contribution in [0.25, 0.3) is 10.9 Å². The summed E-state index contributed by atoms with van der Waals surface area (Å²) in [5.74, 6) is 0.797. The highest BCUT2D eigenvalue weighted by Gasteiger charge is 2.36. The van der Waals surface area contributed by atoms with Crippen LogP contribution in [-0.4, -0.2) is 21.6 Å². The average Bonchev–Trinajstić information content (AvgIpc) is 2.68. The maximum atomic E-state index is 13.6. The zero-order chi connectivity index (χ0) is 20.8. The molecule has 5 nitrogen and oxygen atoms in total. The first-order chi connectivity index (χ1) is 13.7. The van der Waals surface area contributed by atoms with Gasteiger partial charge in [-0.2, -0.15) is 13.2 Å². The van der Waals surface area contributed by atoms with E-state index in [1.165, 1.54) is 6.07 Å². The van der Waals surface area contributed by atoms with Crippen molar-refractivity contribution in [1.29, 1.82) is 0 Å². The van der Waals surface area contributed by atoms with E-state index in [1.54, 1.807) is 25.3 Å². The molecule has 1 aliphatic rings. The van der Waals surface area contributed by atoms with Gasteiger partial charge in [-0.3, -0.25) is 0 Å². The molecule has 3 heterocycles. The summed E-state index contributed by atoms with van der Waals surface area (Å²) in [7, 11) is 0. The smallest absolute Gasteiger partial charge is 0.419 e. The summed E-state index contributed by atoms with van der Waals surface area (Å²) in [6.45, 7) is 3.79. The molecule has 2 aromatic heterocycles. The number of nitrogens with one attached hydrogen (secondary N) is 1. The maximum Gasteiger partial charge on any atom is 0.419 e. The number of pyridine rings is 1. The lowest BCUT2D eigenvalue weighted by atomic mass is 10.0. The number of ether oxygens (including phenoxy) is 1. The Morgan fingerprint density at radius 2 is 2.00 bits per heavy atom. The quantitative estimate of drug-likeness (QED) is 0.467. The monoisotopic (exact) mass is 422 g/mol. The first kappa shape index (κ1) is 19.7. The number of hydrogen-bond donors (Lipinski definition) is 1. The summed E-state index contributed by atoms with van der Waals surface area (Å²) >= 11 is 6.04. The molecule has 152 valence electrons. The van der Waals surface area contributed by atoms with E-state index < -0.39 is 17.8 Å². The first-order valence-corrected chi connectivity index (χ1v) is 9.54. The van der Waals surface area contributed by atoms with Gasteiger partial charge < -0.3 is 10.1 Å². The molecule has 0 saturated heterocycles. The van der Waals surface area contributed by atoms with Gasteiger partial charge in [0.05, 0.1) is 29.9 Å². The lowest BCUT2D eigenvalue weighted by molar-refractivity contribution is -0.139. The number of nitrogens with zero attached hydrogens (tertiary/aromatic N) is 3. The fourth-order valence-corrected chi connectivity index (χ4v) is 3.54. The van der Waals surface area contributed by atoms with Crippen LogP contribution in [-0.2, 0) is 6.18 Å². The number of hydrogen-bond acceptors (Lipinski definition) is 5. The number of alkyl halides is 3. The van der Waals surface area contributed by atoms with Gasteiger partial charge in [0, 0.05) is 16.9 Å². The Morgan fingerprint density at radius 1 is 1.21 bits per heavy atom.